The monoisotopic (exact) mass is 269 g/mol. The van der Waals surface area contributed by atoms with Crippen LogP contribution in [0.15, 0.2) is 48.7 Å². The summed E-state index contributed by atoms with van der Waals surface area (Å²) in [6.45, 7) is 4.45. The highest BCUT2D eigenvalue weighted by Gasteiger charge is 2.06. The van der Waals surface area contributed by atoms with Crippen LogP contribution in [0, 0.1) is 5.92 Å². The second-order valence-electron chi connectivity index (χ2n) is 4.92. The zero-order chi connectivity index (χ0) is 14.4. The summed E-state index contributed by atoms with van der Waals surface area (Å²) in [7, 11) is 0. The standard InChI is InChI=1S/C16H19N3O/c1-12(2)16(20)19-14-8-9-15(18-11-14)17-10-13-6-4-3-5-7-13/h3-9,11-12H,10H2,1-2H3,(H,17,18)(H,19,20). The Balaban J connectivity index is 1.90. The van der Waals surface area contributed by atoms with Gasteiger partial charge in [0.1, 0.15) is 5.82 Å². The van der Waals surface area contributed by atoms with Crippen LogP contribution in [0.2, 0.25) is 0 Å². The molecule has 4 nitrogen and oxygen atoms in total. The van der Waals surface area contributed by atoms with Gasteiger partial charge in [0.25, 0.3) is 0 Å². The van der Waals surface area contributed by atoms with Crippen molar-refractivity contribution in [3.63, 3.8) is 0 Å². The average molecular weight is 269 g/mol. The summed E-state index contributed by atoms with van der Waals surface area (Å²) in [6, 6.07) is 13.8. The van der Waals surface area contributed by atoms with E-state index in [-0.39, 0.29) is 11.8 Å². The third-order valence-electron chi connectivity index (χ3n) is 2.87. The fourth-order valence-corrected chi connectivity index (χ4v) is 1.65. The van der Waals surface area contributed by atoms with Gasteiger partial charge in [0.2, 0.25) is 5.91 Å². The van der Waals surface area contributed by atoms with Gasteiger partial charge < -0.3 is 10.6 Å². The molecular formula is C16H19N3O. The molecule has 0 saturated carbocycles. The summed E-state index contributed by atoms with van der Waals surface area (Å²) < 4.78 is 0. The van der Waals surface area contributed by atoms with E-state index >= 15 is 0 Å². The van der Waals surface area contributed by atoms with Crippen LogP contribution in [0.1, 0.15) is 19.4 Å². The molecule has 104 valence electrons. The van der Waals surface area contributed by atoms with Crippen molar-refractivity contribution < 1.29 is 4.79 Å². The van der Waals surface area contributed by atoms with Crippen molar-refractivity contribution in [3.8, 4) is 0 Å². The highest BCUT2D eigenvalue weighted by Crippen LogP contribution is 2.12. The smallest absolute Gasteiger partial charge is 0.226 e. The summed E-state index contributed by atoms with van der Waals surface area (Å²) in [5.74, 6) is 0.749. The molecule has 0 unspecified atom stereocenters. The largest absolute Gasteiger partial charge is 0.366 e. The highest BCUT2D eigenvalue weighted by molar-refractivity contribution is 5.91. The normalized spacial score (nSPS) is 10.3. The Morgan fingerprint density at radius 2 is 1.90 bits per heavy atom. The minimum absolute atomic E-state index is 0.00297. The van der Waals surface area contributed by atoms with Crippen LogP contribution in [0.25, 0.3) is 0 Å². The summed E-state index contributed by atoms with van der Waals surface area (Å²) in [4.78, 5) is 15.8. The predicted molar refractivity (Wildman–Crippen MR) is 81.5 cm³/mol. The Hall–Kier alpha value is -2.36. The van der Waals surface area contributed by atoms with Crippen molar-refractivity contribution in [1.82, 2.24) is 4.98 Å². The lowest BCUT2D eigenvalue weighted by Gasteiger charge is -2.09. The van der Waals surface area contributed by atoms with Crippen LogP contribution < -0.4 is 10.6 Å². The first kappa shape index (κ1) is 14.1. The zero-order valence-corrected chi connectivity index (χ0v) is 11.8. The Bertz CT molecular complexity index is 550. The van der Waals surface area contributed by atoms with Gasteiger partial charge in [-0.1, -0.05) is 44.2 Å². The number of pyridine rings is 1. The quantitative estimate of drug-likeness (QED) is 0.875. The van der Waals surface area contributed by atoms with Crippen LogP contribution in [-0.2, 0) is 11.3 Å². The molecule has 4 heteroatoms. The number of carbonyl (C=O) groups is 1. The van der Waals surface area contributed by atoms with E-state index in [1.807, 2.05) is 44.2 Å². The van der Waals surface area contributed by atoms with Gasteiger partial charge in [0.05, 0.1) is 11.9 Å². The molecule has 0 aliphatic rings. The first-order valence-electron chi connectivity index (χ1n) is 6.70. The van der Waals surface area contributed by atoms with Crippen LogP contribution >= 0.6 is 0 Å². The SMILES string of the molecule is CC(C)C(=O)Nc1ccc(NCc2ccccc2)nc1. The Morgan fingerprint density at radius 1 is 1.15 bits per heavy atom. The number of aromatic nitrogens is 1. The first-order chi connectivity index (χ1) is 9.65. The van der Waals surface area contributed by atoms with Crippen molar-refractivity contribution in [1.29, 1.82) is 0 Å². The van der Waals surface area contributed by atoms with Gasteiger partial charge in [0.15, 0.2) is 0 Å². The molecule has 1 amide bonds. The van der Waals surface area contributed by atoms with Crippen LogP contribution in [-0.4, -0.2) is 10.9 Å². The molecule has 0 spiro atoms. The molecule has 2 N–H and O–H groups in total. The number of rotatable bonds is 5. The maximum absolute atomic E-state index is 11.6. The fourth-order valence-electron chi connectivity index (χ4n) is 1.65. The number of anilines is 2. The molecule has 0 aliphatic heterocycles. The van der Waals surface area contributed by atoms with E-state index in [0.29, 0.717) is 5.69 Å². The number of carbonyl (C=O) groups excluding carboxylic acids is 1. The number of nitrogens with one attached hydrogen (secondary N) is 2. The summed E-state index contributed by atoms with van der Waals surface area (Å²) in [5.41, 5.74) is 1.92. The van der Waals surface area contributed by atoms with Crippen molar-refractivity contribution in [2.24, 2.45) is 5.92 Å². The van der Waals surface area contributed by atoms with Crippen molar-refractivity contribution in [2.75, 3.05) is 10.6 Å². The molecule has 0 fully saturated rings. The van der Waals surface area contributed by atoms with E-state index in [1.54, 1.807) is 6.20 Å². The van der Waals surface area contributed by atoms with E-state index in [9.17, 15) is 4.79 Å². The molecule has 1 aromatic heterocycles. The van der Waals surface area contributed by atoms with Crippen molar-refractivity contribution in [3.05, 3.63) is 54.2 Å². The molecule has 2 aromatic rings. The van der Waals surface area contributed by atoms with E-state index in [0.717, 1.165) is 12.4 Å². The first-order valence-corrected chi connectivity index (χ1v) is 6.70. The van der Waals surface area contributed by atoms with Crippen LogP contribution in [0.5, 0.6) is 0 Å². The van der Waals surface area contributed by atoms with Gasteiger partial charge >= 0.3 is 0 Å². The molecule has 0 radical (unpaired) electrons. The van der Waals surface area contributed by atoms with Gasteiger partial charge in [0, 0.05) is 12.5 Å². The lowest BCUT2D eigenvalue weighted by molar-refractivity contribution is -0.118. The maximum atomic E-state index is 11.6. The Morgan fingerprint density at radius 3 is 2.50 bits per heavy atom. The molecule has 1 aromatic carbocycles. The predicted octanol–water partition coefficient (Wildman–Crippen LogP) is 3.29. The van der Waals surface area contributed by atoms with Gasteiger partial charge in [-0.15, -0.1) is 0 Å². The van der Waals surface area contributed by atoms with Crippen molar-refractivity contribution in [2.45, 2.75) is 20.4 Å². The molecule has 0 atom stereocenters. The number of nitrogens with zero attached hydrogens (tertiary/aromatic N) is 1. The number of hydrogen-bond acceptors (Lipinski definition) is 3. The lowest BCUT2D eigenvalue weighted by Crippen LogP contribution is -2.17. The molecule has 2 rings (SSSR count). The van der Waals surface area contributed by atoms with Crippen molar-refractivity contribution >= 4 is 17.4 Å². The molecule has 0 aliphatic carbocycles. The molecule has 20 heavy (non-hydrogen) atoms. The Labute approximate surface area is 119 Å². The van der Waals surface area contributed by atoms with E-state index < -0.39 is 0 Å². The molecule has 0 bridgehead atoms. The molecule has 1 heterocycles. The number of benzene rings is 1. The lowest BCUT2D eigenvalue weighted by atomic mass is 10.2. The third-order valence-corrected chi connectivity index (χ3v) is 2.87. The summed E-state index contributed by atoms with van der Waals surface area (Å²) >= 11 is 0. The van der Waals surface area contributed by atoms with Gasteiger partial charge in [-0.05, 0) is 17.7 Å². The number of hydrogen-bond donors (Lipinski definition) is 2. The second-order valence-corrected chi connectivity index (χ2v) is 4.92. The van der Waals surface area contributed by atoms with Gasteiger partial charge in [-0.2, -0.15) is 0 Å². The third kappa shape index (κ3) is 4.09. The van der Waals surface area contributed by atoms with E-state index in [1.165, 1.54) is 5.56 Å². The summed E-state index contributed by atoms with van der Waals surface area (Å²) in [5, 5.41) is 6.05. The van der Waals surface area contributed by atoms with E-state index in [4.69, 9.17) is 0 Å². The number of amides is 1. The van der Waals surface area contributed by atoms with E-state index in [2.05, 4.69) is 27.8 Å². The maximum Gasteiger partial charge on any atom is 0.226 e. The minimum Gasteiger partial charge on any atom is -0.366 e. The second kappa shape index (κ2) is 6.70. The van der Waals surface area contributed by atoms with Crippen LogP contribution in [0.4, 0.5) is 11.5 Å². The Kier molecular flexibility index (Phi) is 4.71. The highest BCUT2D eigenvalue weighted by atomic mass is 16.1. The van der Waals surface area contributed by atoms with Gasteiger partial charge in [-0.3, -0.25) is 4.79 Å². The summed E-state index contributed by atoms with van der Waals surface area (Å²) in [6.07, 6.45) is 1.66. The average Bonchev–Trinajstić information content (AvgIpc) is 2.47. The van der Waals surface area contributed by atoms with Gasteiger partial charge in [-0.25, -0.2) is 4.98 Å². The fraction of sp³-hybridized carbons (Fsp3) is 0.250. The zero-order valence-electron chi connectivity index (χ0n) is 11.8. The topological polar surface area (TPSA) is 54.0 Å². The minimum atomic E-state index is -0.0362. The van der Waals surface area contributed by atoms with Crippen LogP contribution in [0.3, 0.4) is 0 Å². The molecule has 0 saturated heterocycles. The molecular weight excluding hydrogens is 250 g/mol.